The van der Waals surface area contributed by atoms with E-state index in [-0.39, 0.29) is 53.2 Å². The molecule has 236 valence electrons. The molecule has 12 heteroatoms. The van der Waals surface area contributed by atoms with Gasteiger partial charge in [-0.3, -0.25) is 9.59 Å². The fourth-order valence-electron chi connectivity index (χ4n) is 6.29. The second-order valence-electron chi connectivity index (χ2n) is 14.1. The number of aromatic nitrogens is 3. The summed E-state index contributed by atoms with van der Waals surface area (Å²) < 4.78 is 27.7. The first-order chi connectivity index (χ1) is 20.3. The molecular weight excluding hydrogens is 569 g/mol. The first-order valence-electron chi connectivity index (χ1n) is 15.5. The number of ether oxygens (including phenoxy) is 2. The summed E-state index contributed by atoms with van der Waals surface area (Å²) in [6.07, 6.45) is 6.91. The maximum atomic E-state index is 15.0. The molecule has 10 nitrogen and oxygen atoms in total. The second kappa shape index (κ2) is 12.3. The van der Waals surface area contributed by atoms with Gasteiger partial charge in [-0.2, -0.15) is 5.10 Å². The predicted octanol–water partition coefficient (Wildman–Crippen LogP) is 4.60. The Morgan fingerprint density at radius 1 is 1.16 bits per heavy atom. The maximum absolute atomic E-state index is 15.0. The Kier molecular flexibility index (Phi) is 9.02. The topological polar surface area (TPSA) is 119 Å². The lowest BCUT2D eigenvalue weighted by molar-refractivity contribution is -0.128. The lowest BCUT2D eigenvalue weighted by Crippen LogP contribution is -2.52. The van der Waals surface area contributed by atoms with Gasteiger partial charge in [0.25, 0.3) is 5.91 Å². The molecule has 43 heavy (non-hydrogen) atoms. The molecule has 2 N–H and O–H groups in total. The van der Waals surface area contributed by atoms with E-state index in [0.717, 1.165) is 37.9 Å². The maximum Gasteiger partial charge on any atom is 0.274 e. The smallest absolute Gasteiger partial charge is 0.274 e. The largest absolute Gasteiger partial charge is 0.481 e. The molecule has 1 aliphatic heterocycles. The minimum Gasteiger partial charge on any atom is -0.481 e. The molecule has 1 spiro atoms. The molecule has 2 aliphatic carbocycles. The number of methoxy groups -OCH3 is 1. The molecule has 1 atom stereocenters. The van der Waals surface area contributed by atoms with Crippen LogP contribution in [0.5, 0.6) is 5.88 Å². The van der Waals surface area contributed by atoms with Crippen molar-refractivity contribution < 1.29 is 28.6 Å². The van der Waals surface area contributed by atoms with Gasteiger partial charge < -0.3 is 24.8 Å². The molecule has 1 saturated heterocycles. The van der Waals surface area contributed by atoms with E-state index in [4.69, 9.17) is 9.47 Å². The van der Waals surface area contributed by atoms with Gasteiger partial charge in [-0.1, -0.05) is 19.6 Å². The quantitative estimate of drug-likeness (QED) is 0.296. The number of hydrogen-bond acceptors (Lipinski definition) is 7. The molecule has 2 saturated carbocycles. The Bertz CT molecular complexity index is 1330. The molecule has 0 bridgehead atoms. The molecule has 2 aromatic rings. The molecule has 5 rings (SSSR count). The summed E-state index contributed by atoms with van der Waals surface area (Å²) >= 11 is 0. The van der Waals surface area contributed by atoms with Gasteiger partial charge in [-0.05, 0) is 70.4 Å². The van der Waals surface area contributed by atoms with Crippen LogP contribution >= 0.6 is 0 Å². The van der Waals surface area contributed by atoms with Crippen molar-refractivity contribution in [1.29, 1.82) is 0 Å². The third kappa shape index (κ3) is 7.46. The third-order valence-electron chi connectivity index (χ3n) is 9.28. The van der Waals surface area contributed by atoms with E-state index in [0.29, 0.717) is 44.5 Å². The van der Waals surface area contributed by atoms with E-state index in [1.165, 1.54) is 17.9 Å². The average Bonchev–Trinajstić information content (AvgIpc) is 3.58. The SMILES string of the molecule is COc1cc(-c2cc(C(=O)N3CCC(C(=O)N[C@H]4CC[C@](C)(O)CC4)CC34CC4)nn2COCC[Si](C)(C)C)c(F)cn1. The lowest BCUT2D eigenvalue weighted by atomic mass is 9.83. The Morgan fingerprint density at radius 3 is 2.53 bits per heavy atom. The summed E-state index contributed by atoms with van der Waals surface area (Å²) in [5.74, 6) is -0.605. The molecule has 1 unspecified atom stereocenters. The van der Waals surface area contributed by atoms with Gasteiger partial charge in [0, 0.05) is 50.4 Å². The van der Waals surface area contributed by atoms with Crippen LogP contribution in [0.2, 0.25) is 25.7 Å². The summed E-state index contributed by atoms with van der Waals surface area (Å²) in [5, 5.41) is 18.1. The highest BCUT2D eigenvalue weighted by Crippen LogP contribution is 2.50. The van der Waals surface area contributed by atoms with Crippen LogP contribution in [0.3, 0.4) is 0 Å². The highest BCUT2D eigenvalue weighted by atomic mass is 28.3. The third-order valence-corrected chi connectivity index (χ3v) is 11.0. The number of likely N-dealkylation sites (tertiary alicyclic amines) is 1. The van der Waals surface area contributed by atoms with Crippen LogP contribution in [0, 0.1) is 11.7 Å². The number of rotatable bonds is 10. The normalized spacial score (nSPS) is 25.0. The molecule has 2 amide bonds. The van der Waals surface area contributed by atoms with Gasteiger partial charge >= 0.3 is 0 Å². The van der Waals surface area contributed by atoms with Gasteiger partial charge in [0.2, 0.25) is 11.8 Å². The van der Waals surface area contributed by atoms with Crippen LogP contribution in [-0.2, 0) is 16.3 Å². The number of amides is 2. The molecule has 0 radical (unpaired) electrons. The highest BCUT2D eigenvalue weighted by Gasteiger charge is 2.55. The number of nitrogens with zero attached hydrogens (tertiary/aromatic N) is 4. The lowest BCUT2D eigenvalue weighted by Gasteiger charge is -2.40. The van der Waals surface area contributed by atoms with Crippen molar-refractivity contribution in [2.24, 2.45) is 5.92 Å². The van der Waals surface area contributed by atoms with Crippen molar-refractivity contribution in [3.63, 3.8) is 0 Å². The van der Waals surface area contributed by atoms with E-state index in [1.54, 1.807) is 6.07 Å². The number of pyridine rings is 1. The zero-order chi connectivity index (χ0) is 31.0. The van der Waals surface area contributed by atoms with E-state index < -0.39 is 19.5 Å². The van der Waals surface area contributed by atoms with Gasteiger partial charge in [-0.15, -0.1) is 0 Å². The Labute approximate surface area is 254 Å². The zero-order valence-corrected chi connectivity index (χ0v) is 27.1. The summed E-state index contributed by atoms with van der Waals surface area (Å²) in [7, 11) is 0.157. The standard InChI is InChI=1S/C31H46FN5O5Si/c1-30(40)9-6-22(7-10-30)34-28(38)21-8-13-36(31(18-21)11-12-31)29(39)25-17-26(23-16-27(41-2)33-19-24(23)32)37(35-25)20-42-14-15-43(3,4)5/h16-17,19,21-22,40H,6-15,18,20H2,1-5H3,(H,34,38)/t21?,22-,30-. The number of piperidine rings is 1. The van der Waals surface area contributed by atoms with Gasteiger partial charge in [0.15, 0.2) is 11.5 Å². The van der Waals surface area contributed by atoms with Crippen LogP contribution in [0.1, 0.15) is 68.8 Å². The molecule has 3 fully saturated rings. The number of hydrogen-bond donors (Lipinski definition) is 2. The van der Waals surface area contributed by atoms with Crippen LogP contribution in [-0.4, -0.2) is 82.1 Å². The van der Waals surface area contributed by atoms with Gasteiger partial charge in [-0.25, -0.2) is 14.1 Å². The minimum atomic E-state index is -1.31. The monoisotopic (exact) mass is 615 g/mol. The molecule has 3 aliphatic rings. The van der Waals surface area contributed by atoms with Crippen molar-refractivity contribution in [2.45, 2.75) is 108 Å². The number of carbonyl (C=O) groups is 2. The Balaban J connectivity index is 1.30. The van der Waals surface area contributed by atoms with Crippen molar-refractivity contribution in [3.05, 3.63) is 29.8 Å². The average molecular weight is 616 g/mol. The van der Waals surface area contributed by atoms with Crippen molar-refractivity contribution >= 4 is 19.9 Å². The molecule has 0 aromatic carbocycles. The highest BCUT2D eigenvalue weighted by molar-refractivity contribution is 6.76. The number of halogens is 1. The fourth-order valence-corrected chi connectivity index (χ4v) is 7.04. The number of nitrogens with one attached hydrogen (secondary N) is 1. The molecular formula is C31H46FN5O5Si. The van der Waals surface area contributed by atoms with Gasteiger partial charge in [0.1, 0.15) is 6.73 Å². The number of aliphatic hydroxyl groups is 1. The van der Waals surface area contributed by atoms with Crippen LogP contribution < -0.4 is 10.1 Å². The van der Waals surface area contributed by atoms with Gasteiger partial charge in [0.05, 0.1) is 24.6 Å². The predicted molar refractivity (Wildman–Crippen MR) is 163 cm³/mol. The second-order valence-corrected chi connectivity index (χ2v) is 19.7. The molecule has 3 heterocycles. The Hall–Kier alpha value is -2.83. The first-order valence-corrected chi connectivity index (χ1v) is 19.2. The zero-order valence-electron chi connectivity index (χ0n) is 26.1. The summed E-state index contributed by atoms with van der Waals surface area (Å²) in [6.45, 7) is 9.77. The van der Waals surface area contributed by atoms with Crippen LogP contribution in [0.4, 0.5) is 4.39 Å². The summed E-state index contributed by atoms with van der Waals surface area (Å²) in [5.41, 5.74) is -0.126. The van der Waals surface area contributed by atoms with E-state index in [1.807, 2.05) is 11.8 Å². The van der Waals surface area contributed by atoms with Crippen molar-refractivity contribution in [3.8, 4) is 17.1 Å². The van der Waals surface area contributed by atoms with Crippen molar-refractivity contribution in [2.75, 3.05) is 20.3 Å². The van der Waals surface area contributed by atoms with E-state index in [9.17, 15) is 19.1 Å². The van der Waals surface area contributed by atoms with E-state index >= 15 is 0 Å². The number of carbonyl (C=O) groups excluding carboxylic acids is 2. The fraction of sp³-hybridized carbons (Fsp3) is 0.677. The summed E-state index contributed by atoms with van der Waals surface area (Å²) in [6, 6.07) is 4.18. The Morgan fingerprint density at radius 2 is 1.88 bits per heavy atom. The first kappa shape index (κ1) is 31.6. The van der Waals surface area contributed by atoms with E-state index in [2.05, 4.69) is 35.0 Å². The molecule has 2 aromatic heterocycles. The minimum absolute atomic E-state index is 0.0501. The van der Waals surface area contributed by atoms with Crippen LogP contribution in [0.25, 0.3) is 11.3 Å². The summed E-state index contributed by atoms with van der Waals surface area (Å²) in [4.78, 5) is 33.0. The van der Waals surface area contributed by atoms with Crippen molar-refractivity contribution in [1.82, 2.24) is 25.0 Å². The van der Waals surface area contributed by atoms with Crippen LogP contribution in [0.15, 0.2) is 18.3 Å².